The van der Waals surface area contributed by atoms with Crippen molar-refractivity contribution in [1.82, 2.24) is 0 Å². The molecule has 2 aromatic rings. The van der Waals surface area contributed by atoms with E-state index in [-0.39, 0.29) is 24.3 Å². The van der Waals surface area contributed by atoms with Gasteiger partial charge in [0.25, 0.3) is 0 Å². The number of nitrogens with zero attached hydrogens (tertiary/aromatic N) is 1. The third-order valence-electron chi connectivity index (χ3n) is 4.57. The number of alkyl halides is 3. The summed E-state index contributed by atoms with van der Waals surface area (Å²) in [4.78, 5) is 26.1. The van der Waals surface area contributed by atoms with Crippen molar-refractivity contribution in [2.75, 3.05) is 38.1 Å². The van der Waals surface area contributed by atoms with Gasteiger partial charge in [-0.1, -0.05) is 0 Å². The average molecular weight is 424 g/mol. The molecule has 1 aliphatic heterocycles. The standard InChI is InChI=1S/C20H19F3N2O5/c1-28-15-6-11(7-16(29-2)19(15)30-3)8-18(27)25-10-17(26)24-13-9-12(20(21,22)23)4-5-14(13)25/h4-7,9H,8,10H2,1-3H3,(H,24,26). The number of benzene rings is 2. The Hall–Kier alpha value is -3.43. The van der Waals surface area contributed by atoms with Crippen LogP contribution in [0.5, 0.6) is 17.2 Å². The minimum atomic E-state index is -4.57. The summed E-state index contributed by atoms with van der Waals surface area (Å²) in [6, 6.07) is 6.04. The highest BCUT2D eigenvalue weighted by atomic mass is 19.4. The van der Waals surface area contributed by atoms with Gasteiger partial charge in [0.05, 0.1) is 44.7 Å². The van der Waals surface area contributed by atoms with E-state index < -0.39 is 23.6 Å². The summed E-state index contributed by atoms with van der Waals surface area (Å²) < 4.78 is 54.7. The maximum Gasteiger partial charge on any atom is 0.416 e. The number of ether oxygens (including phenoxy) is 3. The lowest BCUT2D eigenvalue weighted by Gasteiger charge is -2.30. The quantitative estimate of drug-likeness (QED) is 0.798. The van der Waals surface area contributed by atoms with E-state index in [1.165, 1.54) is 27.4 Å². The first-order chi connectivity index (χ1) is 14.2. The first kappa shape index (κ1) is 21.3. The van der Waals surface area contributed by atoms with Crippen LogP contribution in [0.2, 0.25) is 0 Å². The molecule has 0 fully saturated rings. The van der Waals surface area contributed by atoms with Crippen molar-refractivity contribution in [2.45, 2.75) is 12.6 Å². The molecule has 3 rings (SSSR count). The minimum Gasteiger partial charge on any atom is -0.493 e. The second-order valence-corrected chi connectivity index (χ2v) is 6.47. The summed E-state index contributed by atoms with van der Waals surface area (Å²) in [5.74, 6) is 0.0104. The fraction of sp³-hybridized carbons (Fsp3) is 0.300. The van der Waals surface area contributed by atoms with Crippen molar-refractivity contribution in [3.05, 3.63) is 41.5 Å². The normalized spacial score (nSPS) is 13.4. The number of fused-ring (bicyclic) bond motifs is 1. The van der Waals surface area contributed by atoms with Crippen LogP contribution < -0.4 is 24.4 Å². The summed E-state index contributed by atoms with van der Waals surface area (Å²) in [6.45, 7) is -0.304. The lowest BCUT2D eigenvalue weighted by Crippen LogP contribution is -2.43. The summed E-state index contributed by atoms with van der Waals surface area (Å²) in [7, 11) is 4.32. The molecule has 0 atom stereocenters. The highest BCUT2D eigenvalue weighted by molar-refractivity contribution is 6.10. The number of rotatable bonds is 5. The number of methoxy groups -OCH3 is 3. The highest BCUT2D eigenvalue weighted by Crippen LogP contribution is 2.39. The third-order valence-corrected chi connectivity index (χ3v) is 4.57. The first-order valence-corrected chi connectivity index (χ1v) is 8.78. The Morgan fingerprint density at radius 2 is 1.70 bits per heavy atom. The van der Waals surface area contributed by atoms with E-state index in [2.05, 4.69) is 5.32 Å². The van der Waals surface area contributed by atoms with E-state index in [0.29, 0.717) is 22.8 Å². The number of carbonyl (C=O) groups excluding carboxylic acids is 2. The Labute approximate surface area is 170 Å². The Morgan fingerprint density at radius 1 is 1.07 bits per heavy atom. The van der Waals surface area contributed by atoms with Crippen LogP contribution >= 0.6 is 0 Å². The molecule has 1 N–H and O–H groups in total. The molecule has 7 nitrogen and oxygen atoms in total. The molecule has 2 amide bonds. The summed E-state index contributed by atoms with van der Waals surface area (Å²) in [5.41, 5.74) is -0.270. The van der Waals surface area contributed by atoms with Gasteiger partial charge >= 0.3 is 6.18 Å². The fourth-order valence-corrected chi connectivity index (χ4v) is 3.20. The zero-order valence-electron chi connectivity index (χ0n) is 16.4. The molecule has 0 unspecified atom stereocenters. The fourth-order valence-electron chi connectivity index (χ4n) is 3.20. The van der Waals surface area contributed by atoms with Gasteiger partial charge in [0.1, 0.15) is 6.54 Å². The molecule has 160 valence electrons. The van der Waals surface area contributed by atoms with Gasteiger partial charge in [-0.15, -0.1) is 0 Å². The second kappa shape index (κ2) is 8.13. The van der Waals surface area contributed by atoms with Crippen molar-refractivity contribution in [2.24, 2.45) is 0 Å². The van der Waals surface area contributed by atoms with Gasteiger partial charge in [-0.25, -0.2) is 0 Å². The molecule has 0 radical (unpaired) electrons. The SMILES string of the molecule is COc1cc(CC(=O)N2CC(=O)Nc3cc(C(F)(F)F)ccc32)cc(OC)c1OC. The average Bonchev–Trinajstić information content (AvgIpc) is 2.70. The van der Waals surface area contributed by atoms with Crippen molar-refractivity contribution in [3.8, 4) is 17.2 Å². The topological polar surface area (TPSA) is 77.1 Å². The number of hydrogen-bond acceptors (Lipinski definition) is 5. The van der Waals surface area contributed by atoms with Crippen molar-refractivity contribution in [3.63, 3.8) is 0 Å². The van der Waals surface area contributed by atoms with E-state index in [9.17, 15) is 22.8 Å². The number of carbonyl (C=O) groups is 2. The molecule has 10 heteroatoms. The molecule has 2 aromatic carbocycles. The zero-order chi connectivity index (χ0) is 22.1. The van der Waals surface area contributed by atoms with Crippen LogP contribution in [-0.4, -0.2) is 39.7 Å². The van der Waals surface area contributed by atoms with Crippen LogP contribution in [0.25, 0.3) is 0 Å². The van der Waals surface area contributed by atoms with E-state index in [1.54, 1.807) is 12.1 Å². The van der Waals surface area contributed by atoms with Gasteiger partial charge in [-0.3, -0.25) is 9.59 Å². The Kier molecular flexibility index (Phi) is 5.77. The molecule has 0 saturated carbocycles. The smallest absolute Gasteiger partial charge is 0.416 e. The minimum absolute atomic E-state index is 0.0701. The Balaban J connectivity index is 1.93. The van der Waals surface area contributed by atoms with Crippen LogP contribution in [0, 0.1) is 0 Å². The van der Waals surface area contributed by atoms with Crippen LogP contribution in [0.1, 0.15) is 11.1 Å². The maximum absolute atomic E-state index is 13.0. The number of anilines is 2. The van der Waals surface area contributed by atoms with Crippen LogP contribution in [0.15, 0.2) is 30.3 Å². The van der Waals surface area contributed by atoms with Gasteiger partial charge in [0.15, 0.2) is 11.5 Å². The van der Waals surface area contributed by atoms with E-state index in [1.807, 2.05) is 0 Å². The monoisotopic (exact) mass is 424 g/mol. The van der Waals surface area contributed by atoms with Gasteiger partial charge in [0, 0.05) is 0 Å². The number of amides is 2. The molecule has 30 heavy (non-hydrogen) atoms. The predicted molar refractivity (Wildman–Crippen MR) is 102 cm³/mol. The number of halogens is 3. The van der Waals surface area contributed by atoms with Crippen LogP contribution in [0.3, 0.4) is 0 Å². The second-order valence-electron chi connectivity index (χ2n) is 6.47. The van der Waals surface area contributed by atoms with E-state index in [4.69, 9.17) is 14.2 Å². The third kappa shape index (κ3) is 4.12. The molecule has 1 aliphatic rings. The maximum atomic E-state index is 13.0. The lowest BCUT2D eigenvalue weighted by atomic mass is 10.1. The van der Waals surface area contributed by atoms with Gasteiger partial charge < -0.3 is 24.4 Å². The van der Waals surface area contributed by atoms with E-state index in [0.717, 1.165) is 17.0 Å². The summed E-state index contributed by atoms with van der Waals surface area (Å²) in [5, 5.41) is 2.38. The predicted octanol–water partition coefficient (Wildman–Crippen LogP) is 3.26. The highest BCUT2D eigenvalue weighted by Gasteiger charge is 2.34. The lowest BCUT2D eigenvalue weighted by molar-refractivity contribution is -0.137. The van der Waals surface area contributed by atoms with Crippen LogP contribution in [0.4, 0.5) is 24.5 Å². The number of nitrogens with one attached hydrogen (secondary N) is 1. The van der Waals surface area contributed by atoms with Crippen LogP contribution in [-0.2, 0) is 22.2 Å². The zero-order valence-corrected chi connectivity index (χ0v) is 16.4. The largest absolute Gasteiger partial charge is 0.493 e. The van der Waals surface area contributed by atoms with Gasteiger partial charge in [-0.2, -0.15) is 13.2 Å². The first-order valence-electron chi connectivity index (χ1n) is 8.78. The van der Waals surface area contributed by atoms with Gasteiger partial charge in [0.2, 0.25) is 17.6 Å². The molecule has 0 bridgehead atoms. The molecule has 0 spiro atoms. The summed E-state index contributed by atoms with van der Waals surface area (Å²) >= 11 is 0. The molecule has 0 saturated heterocycles. The molecule has 0 aliphatic carbocycles. The molecular formula is C20H19F3N2O5. The number of hydrogen-bond donors (Lipinski definition) is 1. The van der Waals surface area contributed by atoms with Gasteiger partial charge in [-0.05, 0) is 35.9 Å². The Bertz CT molecular complexity index is 966. The molecular weight excluding hydrogens is 405 g/mol. The molecule has 0 aromatic heterocycles. The Morgan fingerprint density at radius 3 is 2.23 bits per heavy atom. The molecule has 1 heterocycles. The van der Waals surface area contributed by atoms with Crippen molar-refractivity contribution in [1.29, 1.82) is 0 Å². The van der Waals surface area contributed by atoms with Crippen molar-refractivity contribution < 1.29 is 37.0 Å². The summed E-state index contributed by atoms with van der Waals surface area (Å²) in [6.07, 6.45) is -4.70. The van der Waals surface area contributed by atoms with E-state index >= 15 is 0 Å². The van der Waals surface area contributed by atoms with Crippen molar-refractivity contribution >= 4 is 23.2 Å².